The van der Waals surface area contributed by atoms with Gasteiger partial charge in [-0.2, -0.15) is 0 Å². The van der Waals surface area contributed by atoms with Gasteiger partial charge in [0.25, 0.3) is 5.91 Å². The van der Waals surface area contributed by atoms with Crippen molar-refractivity contribution in [3.05, 3.63) is 64.7 Å². The third-order valence-electron chi connectivity index (χ3n) is 4.42. The lowest BCUT2D eigenvalue weighted by Gasteiger charge is -2.29. The van der Waals surface area contributed by atoms with E-state index in [1.165, 1.54) is 19.1 Å². The van der Waals surface area contributed by atoms with Crippen molar-refractivity contribution in [2.24, 2.45) is 0 Å². The SMILES string of the molecule is CCC(CNC(=O)c1cc(NC(C)=O)ccc1Cl)(C(=O)O)c1ccccc1. The van der Waals surface area contributed by atoms with Crippen molar-refractivity contribution < 1.29 is 19.5 Å². The molecule has 0 aliphatic carbocycles. The largest absolute Gasteiger partial charge is 0.481 e. The molecular weight excluding hydrogens is 368 g/mol. The molecule has 0 heterocycles. The number of aliphatic carboxylic acids is 1. The van der Waals surface area contributed by atoms with E-state index < -0.39 is 17.3 Å². The molecule has 0 radical (unpaired) electrons. The minimum absolute atomic E-state index is 0.0949. The highest BCUT2D eigenvalue weighted by atomic mass is 35.5. The van der Waals surface area contributed by atoms with Gasteiger partial charge in [-0.3, -0.25) is 14.4 Å². The second kappa shape index (κ2) is 8.68. The number of anilines is 1. The van der Waals surface area contributed by atoms with Gasteiger partial charge in [-0.25, -0.2) is 0 Å². The molecule has 7 heteroatoms. The molecule has 0 aliphatic heterocycles. The van der Waals surface area contributed by atoms with Gasteiger partial charge in [-0.05, 0) is 30.2 Å². The van der Waals surface area contributed by atoms with Crippen molar-refractivity contribution in [2.45, 2.75) is 25.7 Å². The number of halogens is 1. The average Bonchev–Trinajstić information content (AvgIpc) is 2.64. The summed E-state index contributed by atoms with van der Waals surface area (Å²) < 4.78 is 0. The number of hydrogen-bond donors (Lipinski definition) is 3. The summed E-state index contributed by atoms with van der Waals surface area (Å²) in [4.78, 5) is 35.8. The Bertz CT molecular complexity index is 854. The van der Waals surface area contributed by atoms with Crippen molar-refractivity contribution in [2.75, 3.05) is 11.9 Å². The van der Waals surface area contributed by atoms with Gasteiger partial charge < -0.3 is 15.7 Å². The molecule has 2 aromatic rings. The molecule has 1 unspecified atom stereocenters. The van der Waals surface area contributed by atoms with Crippen LogP contribution in [0.4, 0.5) is 5.69 Å². The standard InChI is InChI=1S/C20H21ClN2O4/c1-3-20(19(26)27,14-7-5-4-6-8-14)12-22-18(25)16-11-15(23-13(2)24)9-10-17(16)21/h4-11H,3,12H2,1-2H3,(H,22,25)(H,23,24)(H,26,27). The van der Waals surface area contributed by atoms with Gasteiger partial charge in [-0.1, -0.05) is 48.9 Å². The molecule has 0 bridgehead atoms. The van der Waals surface area contributed by atoms with E-state index in [1.807, 2.05) is 0 Å². The van der Waals surface area contributed by atoms with Crippen molar-refractivity contribution in [1.29, 1.82) is 0 Å². The highest BCUT2D eigenvalue weighted by Gasteiger charge is 2.39. The average molecular weight is 389 g/mol. The fourth-order valence-electron chi connectivity index (χ4n) is 2.85. The van der Waals surface area contributed by atoms with Crippen LogP contribution in [0.1, 0.15) is 36.2 Å². The summed E-state index contributed by atoms with van der Waals surface area (Å²) in [6.45, 7) is 3.02. The molecule has 1 atom stereocenters. The highest BCUT2D eigenvalue weighted by Crippen LogP contribution is 2.28. The predicted molar refractivity (Wildman–Crippen MR) is 104 cm³/mol. The van der Waals surface area contributed by atoms with E-state index >= 15 is 0 Å². The summed E-state index contributed by atoms with van der Waals surface area (Å²) >= 11 is 6.10. The third-order valence-corrected chi connectivity index (χ3v) is 4.75. The fraction of sp³-hybridized carbons (Fsp3) is 0.250. The quantitative estimate of drug-likeness (QED) is 0.676. The zero-order chi connectivity index (χ0) is 20.0. The van der Waals surface area contributed by atoms with Crippen molar-refractivity contribution in [3.8, 4) is 0 Å². The first kappa shape index (κ1) is 20.5. The first-order valence-corrected chi connectivity index (χ1v) is 8.82. The lowest BCUT2D eigenvalue weighted by atomic mass is 9.78. The summed E-state index contributed by atoms with van der Waals surface area (Å²) in [5, 5.41) is 15.3. The van der Waals surface area contributed by atoms with E-state index in [4.69, 9.17) is 11.6 Å². The second-order valence-electron chi connectivity index (χ2n) is 6.17. The molecule has 142 valence electrons. The molecule has 6 nitrogen and oxygen atoms in total. The maximum atomic E-state index is 12.6. The monoisotopic (exact) mass is 388 g/mol. The third kappa shape index (κ3) is 4.65. The Labute approximate surface area is 162 Å². The van der Waals surface area contributed by atoms with Gasteiger partial charge in [-0.15, -0.1) is 0 Å². The number of benzene rings is 2. The van der Waals surface area contributed by atoms with Crippen LogP contribution in [0.3, 0.4) is 0 Å². The molecule has 3 N–H and O–H groups in total. The van der Waals surface area contributed by atoms with Crippen molar-refractivity contribution in [1.82, 2.24) is 5.32 Å². The number of nitrogens with one attached hydrogen (secondary N) is 2. The maximum Gasteiger partial charge on any atom is 0.315 e. The van der Waals surface area contributed by atoms with Crippen LogP contribution in [0, 0.1) is 0 Å². The van der Waals surface area contributed by atoms with Gasteiger partial charge in [0.1, 0.15) is 5.41 Å². The lowest BCUT2D eigenvalue weighted by molar-refractivity contribution is -0.143. The minimum Gasteiger partial charge on any atom is -0.481 e. The molecule has 0 saturated carbocycles. The molecule has 2 aromatic carbocycles. The first-order chi connectivity index (χ1) is 12.8. The smallest absolute Gasteiger partial charge is 0.315 e. The van der Waals surface area contributed by atoms with Gasteiger partial charge in [0.2, 0.25) is 5.91 Å². The Morgan fingerprint density at radius 3 is 2.33 bits per heavy atom. The predicted octanol–water partition coefficient (Wildman–Crippen LogP) is 3.46. The molecule has 0 aromatic heterocycles. The molecule has 0 aliphatic rings. The number of carbonyl (C=O) groups is 3. The molecule has 27 heavy (non-hydrogen) atoms. The van der Waals surface area contributed by atoms with Crippen molar-refractivity contribution in [3.63, 3.8) is 0 Å². The van der Waals surface area contributed by atoms with E-state index in [2.05, 4.69) is 10.6 Å². The number of rotatable bonds is 7. The normalized spacial score (nSPS) is 12.7. The summed E-state index contributed by atoms with van der Waals surface area (Å²) in [7, 11) is 0. The van der Waals surface area contributed by atoms with Gasteiger partial charge in [0.15, 0.2) is 0 Å². The fourth-order valence-corrected chi connectivity index (χ4v) is 3.05. The van der Waals surface area contributed by atoms with E-state index in [-0.39, 0.29) is 23.0 Å². The zero-order valence-electron chi connectivity index (χ0n) is 15.1. The Balaban J connectivity index is 2.26. The minimum atomic E-state index is -1.25. The summed E-state index contributed by atoms with van der Waals surface area (Å²) in [5.41, 5.74) is -0.0524. The molecule has 0 saturated heterocycles. The Hall–Kier alpha value is -2.86. The summed E-state index contributed by atoms with van der Waals surface area (Å²) in [6.07, 6.45) is 0.298. The van der Waals surface area contributed by atoms with E-state index in [9.17, 15) is 19.5 Å². The van der Waals surface area contributed by atoms with E-state index in [0.29, 0.717) is 17.7 Å². The molecule has 2 rings (SSSR count). The molecular formula is C20H21ClN2O4. The molecule has 0 fully saturated rings. The van der Waals surface area contributed by atoms with Gasteiger partial charge in [0, 0.05) is 19.2 Å². The lowest BCUT2D eigenvalue weighted by Crippen LogP contribution is -2.46. The van der Waals surface area contributed by atoms with Gasteiger partial charge >= 0.3 is 5.97 Å². The van der Waals surface area contributed by atoms with Crippen LogP contribution in [0.25, 0.3) is 0 Å². The van der Waals surface area contributed by atoms with E-state index in [0.717, 1.165) is 0 Å². The molecule has 0 spiro atoms. The van der Waals surface area contributed by atoms with Crippen LogP contribution < -0.4 is 10.6 Å². The van der Waals surface area contributed by atoms with Crippen LogP contribution in [0.5, 0.6) is 0 Å². The Morgan fingerprint density at radius 1 is 1.11 bits per heavy atom. The van der Waals surface area contributed by atoms with Crippen LogP contribution in [-0.4, -0.2) is 29.4 Å². The summed E-state index contributed by atoms with van der Waals surface area (Å²) in [6, 6.07) is 13.3. The van der Waals surface area contributed by atoms with Gasteiger partial charge in [0.05, 0.1) is 10.6 Å². The van der Waals surface area contributed by atoms with Crippen LogP contribution >= 0.6 is 11.6 Å². The number of amides is 2. The summed E-state index contributed by atoms with van der Waals surface area (Å²) in [5.74, 6) is -1.81. The van der Waals surface area contributed by atoms with Crippen LogP contribution in [-0.2, 0) is 15.0 Å². The van der Waals surface area contributed by atoms with Crippen molar-refractivity contribution >= 4 is 35.1 Å². The number of carbonyl (C=O) groups excluding carboxylic acids is 2. The Kier molecular flexibility index (Phi) is 6.58. The van der Waals surface area contributed by atoms with Crippen LogP contribution in [0.15, 0.2) is 48.5 Å². The Morgan fingerprint density at radius 2 is 1.78 bits per heavy atom. The first-order valence-electron chi connectivity index (χ1n) is 8.44. The zero-order valence-corrected chi connectivity index (χ0v) is 15.8. The number of carboxylic acids is 1. The molecule has 2 amide bonds. The number of hydrogen-bond acceptors (Lipinski definition) is 3. The second-order valence-corrected chi connectivity index (χ2v) is 6.57. The number of carboxylic acid groups (broad SMARTS) is 1. The topological polar surface area (TPSA) is 95.5 Å². The maximum absolute atomic E-state index is 12.6. The highest BCUT2D eigenvalue weighted by molar-refractivity contribution is 6.34. The van der Waals surface area contributed by atoms with Crippen LogP contribution in [0.2, 0.25) is 5.02 Å². The van der Waals surface area contributed by atoms with E-state index in [1.54, 1.807) is 43.3 Å².